The summed E-state index contributed by atoms with van der Waals surface area (Å²) in [6, 6.07) is 8.66. The predicted molar refractivity (Wildman–Crippen MR) is 78.3 cm³/mol. The lowest BCUT2D eigenvalue weighted by atomic mass is 10.0. The summed E-state index contributed by atoms with van der Waals surface area (Å²) >= 11 is 0. The van der Waals surface area contributed by atoms with Crippen LogP contribution in [0.3, 0.4) is 0 Å². The van der Waals surface area contributed by atoms with Crippen LogP contribution in [-0.2, 0) is 12.8 Å². The van der Waals surface area contributed by atoms with Crippen LogP contribution >= 0.6 is 0 Å². The van der Waals surface area contributed by atoms with Gasteiger partial charge >= 0.3 is 0 Å². The molecule has 0 aliphatic rings. The van der Waals surface area contributed by atoms with Gasteiger partial charge in [0.1, 0.15) is 5.75 Å². The maximum absolute atomic E-state index is 8.88. The number of methoxy groups -OCH3 is 1. The number of benzene rings is 1. The highest BCUT2D eigenvalue weighted by atomic mass is 16.5. The smallest absolute Gasteiger partial charge is 0.122 e. The fourth-order valence-electron chi connectivity index (χ4n) is 2.03. The first-order chi connectivity index (χ1) is 9.24. The van der Waals surface area contributed by atoms with Crippen LogP contribution in [0.5, 0.6) is 5.75 Å². The van der Waals surface area contributed by atoms with Crippen molar-refractivity contribution in [3.05, 3.63) is 29.3 Å². The van der Waals surface area contributed by atoms with Gasteiger partial charge < -0.3 is 10.1 Å². The molecule has 3 heteroatoms. The Hall–Kier alpha value is -1.53. The molecule has 3 nitrogen and oxygen atoms in total. The van der Waals surface area contributed by atoms with Crippen molar-refractivity contribution in [1.29, 1.82) is 5.26 Å². The molecular weight excluding hydrogens is 236 g/mol. The van der Waals surface area contributed by atoms with E-state index in [1.807, 2.05) is 13.0 Å². The Labute approximate surface area is 116 Å². The van der Waals surface area contributed by atoms with Gasteiger partial charge in [0.15, 0.2) is 0 Å². The first kappa shape index (κ1) is 15.5. The van der Waals surface area contributed by atoms with Gasteiger partial charge in [-0.3, -0.25) is 0 Å². The van der Waals surface area contributed by atoms with Crippen molar-refractivity contribution in [2.45, 2.75) is 33.1 Å². The minimum absolute atomic E-state index is 0.115. The van der Waals surface area contributed by atoms with E-state index in [0.29, 0.717) is 0 Å². The minimum Gasteiger partial charge on any atom is -0.496 e. The zero-order valence-corrected chi connectivity index (χ0v) is 12.2. The lowest BCUT2D eigenvalue weighted by Crippen LogP contribution is -2.24. The molecule has 0 bridgehead atoms. The van der Waals surface area contributed by atoms with Gasteiger partial charge in [0.05, 0.1) is 19.1 Å². The van der Waals surface area contributed by atoms with Crippen molar-refractivity contribution in [2.75, 3.05) is 20.2 Å². The molecule has 1 unspecified atom stereocenters. The van der Waals surface area contributed by atoms with Crippen LogP contribution in [0.1, 0.15) is 31.4 Å². The molecule has 1 rings (SSSR count). The first-order valence-corrected chi connectivity index (χ1v) is 7.01. The van der Waals surface area contributed by atoms with E-state index in [-0.39, 0.29) is 5.92 Å². The summed E-state index contributed by atoms with van der Waals surface area (Å²) in [5, 5.41) is 12.2. The number of rotatable bonds is 8. The molecule has 0 spiro atoms. The lowest BCUT2D eigenvalue weighted by molar-refractivity contribution is 0.408. The van der Waals surface area contributed by atoms with Crippen molar-refractivity contribution in [2.24, 2.45) is 5.92 Å². The van der Waals surface area contributed by atoms with E-state index >= 15 is 0 Å². The molecule has 0 aliphatic carbocycles. The van der Waals surface area contributed by atoms with Gasteiger partial charge in [-0.2, -0.15) is 5.26 Å². The molecule has 1 aromatic rings. The Bertz CT molecular complexity index is 423. The molecule has 0 saturated heterocycles. The zero-order valence-electron chi connectivity index (χ0n) is 12.2. The Kier molecular flexibility index (Phi) is 6.99. The summed E-state index contributed by atoms with van der Waals surface area (Å²) in [7, 11) is 1.71. The average molecular weight is 260 g/mol. The standard InChI is InChI=1S/C16H24N2O/c1-4-13-6-7-16(19-3)15(10-13)8-9-18-12-14(5-2)11-17/h6-7,10,14,18H,4-5,8-9,12H2,1-3H3. The molecule has 0 fully saturated rings. The molecule has 104 valence electrons. The highest BCUT2D eigenvalue weighted by molar-refractivity contribution is 5.37. The van der Waals surface area contributed by atoms with Crippen LogP contribution in [0.25, 0.3) is 0 Å². The maximum atomic E-state index is 8.88. The molecule has 19 heavy (non-hydrogen) atoms. The van der Waals surface area contributed by atoms with E-state index in [0.717, 1.165) is 38.1 Å². The third-order valence-electron chi connectivity index (χ3n) is 3.39. The minimum atomic E-state index is 0.115. The molecule has 0 amide bonds. The first-order valence-electron chi connectivity index (χ1n) is 7.01. The van der Waals surface area contributed by atoms with Crippen LogP contribution in [0.4, 0.5) is 0 Å². The average Bonchev–Trinajstić information content (AvgIpc) is 2.47. The summed E-state index contributed by atoms with van der Waals surface area (Å²) in [5.74, 6) is 1.06. The molecule has 1 aromatic carbocycles. The number of hydrogen-bond acceptors (Lipinski definition) is 3. The Morgan fingerprint density at radius 1 is 1.37 bits per heavy atom. The topological polar surface area (TPSA) is 45.0 Å². The molecule has 1 N–H and O–H groups in total. The van der Waals surface area contributed by atoms with Crippen LogP contribution in [-0.4, -0.2) is 20.2 Å². The van der Waals surface area contributed by atoms with E-state index in [9.17, 15) is 0 Å². The molecule has 0 radical (unpaired) electrons. The van der Waals surface area contributed by atoms with Gasteiger partial charge in [-0.05, 0) is 43.0 Å². The number of hydrogen-bond donors (Lipinski definition) is 1. The van der Waals surface area contributed by atoms with Gasteiger partial charge in [0.25, 0.3) is 0 Å². The quantitative estimate of drug-likeness (QED) is 0.731. The molecular formula is C16H24N2O. The second-order valence-electron chi connectivity index (χ2n) is 4.69. The fraction of sp³-hybridized carbons (Fsp3) is 0.562. The number of nitriles is 1. The van der Waals surface area contributed by atoms with E-state index in [1.54, 1.807) is 7.11 Å². The molecule has 0 aromatic heterocycles. The van der Waals surface area contributed by atoms with Gasteiger partial charge in [-0.1, -0.05) is 26.0 Å². The Morgan fingerprint density at radius 2 is 2.16 bits per heavy atom. The van der Waals surface area contributed by atoms with Gasteiger partial charge in [0.2, 0.25) is 0 Å². The molecule has 0 heterocycles. The second kappa shape index (κ2) is 8.55. The third-order valence-corrected chi connectivity index (χ3v) is 3.39. The van der Waals surface area contributed by atoms with Gasteiger partial charge in [-0.25, -0.2) is 0 Å². The molecule has 1 atom stereocenters. The molecule has 0 aliphatic heterocycles. The lowest BCUT2D eigenvalue weighted by Gasteiger charge is -2.12. The van der Waals surface area contributed by atoms with Crippen molar-refractivity contribution >= 4 is 0 Å². The monoisotopic (exact) mass is 260 g/mol. The molecule has 0 saturated carbocycles. The summed E-state index contributed by atoms with van der Waals surface area (Å²) < 4.78 is 5.39. The maximum Gasteiger partial charge on any atom is 0.122 e. The predicted octanol–water partition coefficient (Wildman–Crippen LogP) is 2.94. The van der Waals surface area contributed by atoms with Crippen LogP contribution < -0.4 is 10.1 Å². The summed E-state index contributed by atoms with van der Waals surface area (Å²) in [5.41, 5.74) is 2.57. The van der Waals surface area contributed by atoms with Crippen molar-refractivity contribution in [3.63, 3.8) is 0 Å². The second-order valence-corrected chi connectivity index (χ2v) is 4.69. The largest absolute Gasteiger partial charge is 0.496 e. The van der Waals surface area contributed by atoms with Crippen molar-refractivity contribution in [3.8, 4) is 11.8 Å². The van der Waals surface area contributed by atoms with Gasteiger partial charge in [0, 0.05) is 6.54 Å². The van der Waals surface area contributed by atoms with Gasteiger partial charge in [-0.15, -0.1) is 0 Å². The van der Waals surface area contributed by atoms with Crippen LogP contribution in [0.15, 0.2) is 18.2 Å². The normalized spacial score (nSPS) is 11.9. The SMILES string of the molecule is CCc1ccc(OC)c(CCNCC(C#N)CC)c1. The number of ether oxygens (including phenoxy) is 1. The van der Waals surface area contributed by atoms with Crippen LogP contribution in [0, 0.1) is 17.2 Å². The summed E-state index contributed by atoms with van der Waals surface area (Å²) in [6.07, 6.45) is 2.87. The van der Waals surface area contributed by atoms with E-state index < -0.39 is 0 Å². The summed E-state index contributed by atoms with van der Waals surface area (Å²) in [4.78, 5) is 0. The number of nitrogens with one attached hydrogen (secondary N) is 1. The Morgan fingerprint density at radius 3 is 2.74 bits per heavy atom. The zero-order chi connectivity index (χ0) is 14.1. The van der Waals surface area contributed by atoms with Crippen molar-refractivity contribution < 1.29 is 4.74 Å². The van der Waals surface area contributed by atoms with E-state index in [1.165, 1.54) is 11.1 Å². The van der Waals surface area contributed by atoms with Crippen molar-refractivity contribution in [1.82, 2.24) is 5.32 Å². The highest BCUT2D eigenvalue weighted by Crippen LogP contribution is 2.20. The van der Waals surface area contributed by atoms with E-state index in [2.05, 4.69) is 30.4 Å². The number of nitrogens with zero attached hydrogens (tertiary/aromatic N) is 1. The Balaban J connectivity index is 2.50. The van der Waals surface area contributed by atoms with E-state index in [4.69, 9.17) is 10.00 Å². The fourth-order valence-corrected chi connectivity index (χ4v) is 2.03. The summed E-state index contributed by atoms with van der Waals surface area (Å²) in [6.45, 7) is 5.84. The highest BCUT2D eigenvalue weighted by Gasteiger charge is 2.06. The third kappa shape index (κ3) is 4.92. The number of aryl methyl sites for hydroxylation is 1. The van der Waals surface area contributed by atoms with Crippen LogP contribution in [0.2, 0.25) is 0 Å².